The van der Waals surface area contributed by atoms with Crippen molar-refractivity contribution in [2.45, 2.75) is 43.9 Å². The third-order valence-electron chi connectivity index (χ3n) is 3.05. The minimum atomic E-state index is -0.256. The van der Waals surface area contributed by atoms with Gasteiger partial charge in [0.15, 0.2) is 0 Å². The number of nitrogens with zero attached hydrogens (tertiary/aromatic N) is 1. The molecular formula is C8H14NO. The Bertz CT molecular complexity index is 123. The minimum absolute atomic E-state index is 0.256. The molecule has 2 aliphatic heterocycles. The maximum Gasteiger partial charge on any atom is 0.0959 e. The van der Waals surface area contributed by atoms with Gasteiger partial charge < -0.3 is 4.90 Å². The van der Waals surface area contributed by atoms with Crippen molar-refractivity contribution in [3.63, 3.8) is 0 Å². The highest BCUT2D eigenvalue weighted by atomic mass is 16.3. The molecule has 2 rings (SSSR count). The van der Waals surface area contributed by atoms with Crippen LogP contribution in [0.1, 0.15) is 25.7 Å². The molecule has 0 amide bonds. The van der Waals surface area contributed by atoms with E-state index in [-0.39, 0.29) is 6.10 Å². The molecule has 0 aromatic carbocycles. The van der Waals surface area contributed by atoms with Crippen LogP contribution in [0.2, 0.25) is 0 Å². The standard InChI is InChI=1S/C8H14NO/c1-9-6-2-3-7(9)5-8(10)4-6/h6-8H,2-5H2,1H3. The summed E-state index contributed by atoms with van der Waals surface area (Å²) in [5.74, 6) is 0. The van der Waals surface area contributed by atoms with E-state index < -0.39 is 0 Å². The molecule has 0 N–H and O–H groups in total. The summed E-state index contributed by atoms with van der Waals surface area (Å²) in [6.07, 6.45) is 4.06. The molecule has 2 fully saturated rings. The van der Waals surface area contributed by atoms with E-state index in [0.29, 0.717) is 12.1 Å². The molecule has 0 aliphatic carbocycles. The van der Waals surface area contributed by atoms with Gasteiger partial charge >= 0.3 is 0 Å². The first-order valence-corrected chi connectivity index (χ1v) is 4.15. The summed E-state index contributed by atoms with van der Waals surface area (Å²) in [5.41, 5.74) is 0. The Morgan fingerprint density at radius 2 is 1.70 bits per heavy atom. The fourth-order valence-corrected chi connectivity index (χ4v) is 2.36. The van der Waals surface area contributed by atoms with Crippen molar-refractivity contribution < 1.29 is 5.11 Å². The molecule has 57 valence electrons. The molecule has 2 atom stereocenters. The van der Waals surface area contributed by atoms with Gasteiger partial charge in [0.25, 0.3) is 0 Å². The predicted octanol–water partition coefficient (Wildman–Crippen LogP) is 1.04. The van der Waals surface area contributed by atoms with Gasteiger partial charge in [0.1, 0.15) is 0 Å². The zero-order valence-corrected chi connectivity index (χ0v) is 6.42. The topological polar surface area (TPSA) is 23.1 Å². The molecule has 1 radical (unpaired) electrons. The summed E-state index contributed by atoms with van der Waals surface area (Å²) in [5, 5.41) is 11.1. The molecule has 0 aromatic rings. The van der Waals surface area contributed by atoms with Crippen LogP contribution in [0.25, 0.3) is 0 Å². The van der Waals surface area contributed by atoms with Crippen molar-refractivity contribution in [2.24, 2.45) is 0 Å². The number of rotatable bonds is 0. The lowest BCUT2D eigenvalue weighted by Crippen LogP contribution is -2.41. The van der Waals surface area contributed by atoms with Gasteiger partial charge in [-0.15, -0.1) is 0 Å². The van der Waals surface area contributed by atoms with Gasteiger partial charge in [-0.25, -0.2) is 5.11 Å². The lowest BCUT2D eigenvalue weighted by molar-refractivity contribution is 0.00359. The predicted molar refractivity (Wildman–Crippen MR) is 38.3 cm³/mol. The van der Waals surface area contributed by atoms with E-state index in [9.17, 15) is 5.11 Å². The highest BCUT2D eigenvalue weighted by molar-refractivity contribution is 4.92. The maximum atomic E-state index is 11.1. The molecule has 0 aromatic heterocycles. The lowest BCUT2D eigenvalue weighted by atomic mass is 10.0. The van der Waals surface area contributed by atoms with Gasteiger partial charge in [-0.2, -0.15) is 0 Å². The summed E-state index contributed by atoms with van der Waals surface area (Å²) >= 11 is 0. The van der Waals surface area contributed by atoms with Gasteiger partial charge in [0.05, 0.1) is 6.10 Å². The van der Waals surface area contributed by atoms with E-state index in [1.165, 1.54) is 12.8 Å². The molecular weight excluding hydrogens is 126 g/mol. The van der Waals surface area contributed by atoms with Crippen LogP contribution in [0.3, 0.4) is 0 Å². The van der Waals surface area contributed by atoms with Crippen LogP contribution in [-0.4, -0.2) is 30.1 Å². The second-order valence-electron chi connectivity index (χ2n) is 3.64. The van der Waals surface area contributed by atoms with E-state index in [1.807, 2.05) is 0 Å². The maximum absolute atomic E-state index is 11.1. The zero-order chi connectivity index (χ0) is 7.14. The van der Waals surface area contributed by atoms with Crippen molar-refractivity contribution >= 4 is 0 Å². The first-order chi connectivity index (χ1) is 4.77. The Hall–Kier alpha value is -0.0800. The van der Waals surface area contributed by atoms with Crippen LogP contribution in [0.5, 0.6) is 0 Å². The Labute approximate surface area is 61.8 Å². The summed E-state index contributed by atoms with van der Waals surface area (Å²) in [4.78, 5) is 2.40. The lowest BCUT2D eigenvalue weighted by Gasteiger charge is -2.32. The zero-order valence-electron chi connectivity index (χ0n) is 6.42. The molecule has 2 heterocycles. The Kier molecular flexibility index (Phi) is 1.46. The van der Waals surface area contributed by atoms with Crippen molar-refractivity contribution in [3.8, 4) is 0 Å². The number of fused-ring (bicyclic) bond motifs is 2. The molecule has 2 bridgehead atoms. The van der Waals surface area contributed by atoms with Crippen LogP contribution in [-0.2, 0) is 5.11 Å². The molecule has 10 heavy (non-hydrogen) atoms. The molecule has 2 saturated heterocycles. The first kappa shape index (κ1) is 6.62. The monoisotopic (exact) mass is 140 g/mol. The average Bonchev–Trinajstić information content (AvgIpc) is 2.20. The molecule has 2 aliphatic rings. The second-order valence-corrected chi connectivity index (χ2v) is 3.64. The van der Waals surface area contributed by atoms with E-state index in [0.717, 1.165) is 12.8 Å². The Balaban J connectivity index is 2.09. The second kappa shape index (κ2) is 2.21. The van der Waals surface area contributed by atoms with Crippen molar-refractivity contribution in [1.29, 1.82) is 0 Å². The minimum Gasteiger partial charge on any atom is -0.300 e. The first-order valence-electron chi connectivity index (χ1n) is 4.15. The van der Waals surface area contributed by atoms with Crippen LogP contribution >= 0.6 is 0 Å². The van der Waals surface area contributed by atoms with Gasteiger partial charge in [-0.1, -0.05) is 0 Å². The normalized spacial score (nSPS) is 48.0. The van der Waals surface area contributed by atoms with Crippen LogP contribution in [0, 0.1) is 0 Å². The van der Waals surface area contributed by atoms with Crippen LogP contribution < -0.4 is 0 Å². The van der Waals surface area contributed by atoms with Crippen molar-refractivity contribution in [2.75, 3.05) is 7.05 Å². The Morgan fingerprint density at radius 1 is 1.20 bits per heavy atom. The molecule has 2 nitrogen and oxygen atoms in total. The van der Waals surface area contributed by atoms with E-state index in [2.05, 4.69) is 11.9 Å². The number of piperidine rings is 1. The van der Waals surface area contributed by atoms with Gasteiger partial charge in [-0.3, -0.25) is 0 Å². The van der Waals surface area contributed by atoms with Crippen molar-refractivity contribution in [3.05, 3.63) is 0 Å². The summed E-state index contributed by atoms with van der Waals surface area (Å²) in [7, 11) is 2.16. The largest absolute Gasteiger partial charge is 0.300 e. The van der Waals surface area contributed by atoms with E-state index in [1.54, 1.807) is 0 Å². The van der Waals surface area contributed by atoms with Gasteiger partial charge in [0.2, 0.25) is 0 Å². The number of hydrogen-bond donors (Lipinski definition) is 0. The fourth-order valence-electron chi connectivity index (χ4n) is 2.36. The molecule has 2 unspecified atom stereocenters. The molecule has 0 saturated carbocycles. The summed E-state index contributed by atoms with van der Waals surface area (Å²) < 4.78 is 0. The van der Waals surface area contributed by atoms with E-state index in [4.69, 9.17) is 0 Å². The highest BCUT2D eigenvalue weighted by Crippen LogP contribution is 2.34. The summed E-state index contributed by atoms with van der Waals surface area (Å²) in [6, 6.07) is 1.25. The van der Waals surface area contributed by atoms with Crippen LogP contribution in [0.4, 0.5) is 0 Å². The quantitative estimate of drug-likeness (QED) is 0.493. The fraction of sp³-hybridized carbons (Fsp3) is 1.00. The SMILES string of the molecule is CN1C2CCC1CC([O])C2. The smallest absolute Gasteiger partial charge is 0.0959 e. The summed E-state index contributed by atoms with van der Waals surface area (Å²) in [6.45, 7) is 0. The Morgan fingerprint density at radius 3 is 2.20 bits per heavy atom. The van der Waals surface area contributed by atoms with Crippen molar-refractivity contribution in [1.82, 2.24) is 4.90 Å². The molecule has 2 heteroatoms. The third-order valence-corrected chi connectivity index (χ3v) is 3.05. The highest BCUT2D eigenvalue weighted by Gasteiger charge is 2.38. The van der Waals surface area contributed by atoms with E-state index >= 15 is 0 Å². The molecule has 0 spiro atoms. The van der Waals surface area contributed by atoms with Gasteiger partial charge in [-0.05, 0) is 32.7 Å². The van der Waals surface area contributed by atoms with Gasteiger partial charge in [0, 0.05) is 12.1 Å². The third kappa shape index (κ3) is 0.867. The average molecular weight is 140 g/mol. The van der Waals surface area contributed by atoms with Crippen LogP contribution in [0.15, 0.2) is 0 Å². The number of hydrogen-bond acceptors (Lipinski definition) is 1.